The van der Waals surface area contributed by atoms with Gasteiger partial charge in [-0.05, 0) is 59.9 Å². The van der Waals surface area contributed by atoms with E-state index in [0.29, 0.717) is 6.54 Å². The number of carbonyl (C=O) groups excluding carboxylic acids is 1. The van der Waals surface area contributed by atoms with E-state index in [9.17, 15) is 27.1 Å². The monoisotopic (exact) mass is 589 g/mol. The Labute approximate surface area is 240 Å². The third kappa shape index (κ3) is 9.89. The first-order valence-electron chi connectivity index (χ1n) is 13.3. The maximum Gasteiger partial charge on any atom is 0.251 e. The summed E-state index contributed by atoms with van der Waals surface area (Å²) in [5, 5.41) is 17.0. The second kappa shape index (κ2) is 15.0. The lowest BCUT2D eigenvalue weighted by Crippen LogP contribution is -2.48. The van der Waals surface area contributed by atoms with Crippen molar-refractivity contribution in [2.45, 2.75) is 38.5 Å². The average Bonchev–Trinajstić information content (AvgIpc) is 2.92. The summed E-state index contributed by atoms with van der Waals surface area (Å²) in [6.07, 6.45) is 0.796. The van der Waals surface area contributed by atoms with Crippen LogP contribution in [0.15, 0.2) is 66.7 Å². The second-order valence-corrected chi connectivity index (χ2v) is 11.7. The van der Waals surface area contributed by atoms with E-state index in [2.05, 4.69) is 23.6 Å². The molecule has 0 heterocycles. The molecule has 0 saturated carbocycles. The normalized spacial score (nSPS) is 13.0. The standard InChI is InChI=1S/C30H37F2N3O5S/c1-4-21-7-5-8-22(13-21)19-33-20-29(36)28(16-23-14-25(31)18-26(32)15-23)34-30(37)24-9-6-10-27(17-24)35(11-12-40-2)41(3,38)39/h5-10,13-15,17-18,28-29,33,36H,4,11-12,16,19-20H2,1-3H3,(H,34,37)/t28-,29+/m0/s1. The van der Waals surface area contributed by atoms with Crippen molar-refractivity contribution in [2.24, 2.45) is 0 Å². The van der Waals surface area contributed by atoms with Gasteiger partial charge < -0.3 is 20.5 Å². The number of aliphatic hydroxyl groups is 1. The number of benzene rings is 3. The number of anilines is 1. The summed E-state index contributed by atoms with van der Waals surface area (Å²) in [5.41, 5.74) is 2.91. The molecule has 0 aliphatic carbocycles. The third-order valence-corrected chi connectivity index (χ3v) is 7.73. The molecule has 0 aromatic heterocycles. The largest absolute Gasteiger partial charge is 0.390 e. The number of carbonyl (C=O) groups is 1. The number of amides is 1. The molecule has 0 unspecified atom stereocenters. The van der Waals surface area contributed by atoms with Crippen LogP contribution in [-0.2, 0) is 34.1 Å². The fourth-order valence-corrected chi connectivity index (χ4v) is 5.35. The molecule has 3 N–H and O–H groups in total. The van der Waals surface area contributed by atoms with Crippen molar-refractivity contribution in [2.75, 3.05) is 37.4 Å². The van der Waals surface area contributed by atoms with Gasteiger partial charge in [0.2, 0.25) is 10.0 Å². The van der Waals surface area contributed by atoms with Gasteiger partial charge in [-0.25, -0.2) is 17.2 Å². The molecule has 11 heteroatoms. The minimum Gasteiger partial charge on any atom is -0.390 e. The summed E-state index contributed by atoms with van der Waals surface area (Å²) in [7, 11) is -2.20. The Morgan fingerprint density at radius 1 is 1.00 bits per heavy atom. The first-order chi connectivity index (χ1) is 19.5. The second-order valence-electron chi connectivity index (χ2n) is 9.81. The van der Waals surface area contributed by atoms with E-state index in [1.54, 1.807) is 12.1 Å². The van der Waals surface area contributed by atoms with Gasteiger partial charge in [-0.3, -0.25) is 9.10 Å². The Balaban J connectivity index is 1.79. The van der Waals surface area contributed by atoms with Crippen molar-refractivity contribution < 1.29 is 31.8 Å². The van der Waals surface area contributed by atoms with Crippen molar-refractivity contribution in [1.29, 1.82) is 0 Å². The van der Waals surface area contributed by atoms with Crippen LogP contribution >= 0.6 is 0 Å². The molecular weight excluding hydrogens is 552 g/mol. The Hall–Kier alpha value is -3.38. The van der Waals surface area contributed by atoms with E-state index in [-0.39, 0.29) is 42.9 Å². The zero-order chi connectivity index (χ0) is 30.0. The van der Waals surface area contributed by atoms with Gasteiger partial charge in [0.25, 0.3) is 5.91 Å². The van der Waals surface area contributed by atoms with Crippen molar-refractivity contribution in [3.63, 3.8) is 0 Å². The number of hydrogen-bond donors (Lipinski definition) is 3. The van der Waals surface area contributed by atoms with Crippen LogP contribution in [-0.4, -0.2) is 64.6 Å². The molecule has 0 radical (unpaired) electrons. The van der Waals surface area contributed by atoms with Gasteiger partial charge in [-0.15, -0.1) is 0 Å². The number of hydrogen-bond acceptors (Lipinski definition) is 6. The van der Waals surface area contributed by atoms with Crippen LogP contribution < -0.4 is 14.9 Å². The highest BCUT2D eigenvalue weighted by Gasteiger charge is 2.24. The average molecular weight is 590 g/mol. The van der Waals surface area contributed by atoms with Crippen molar-refractivity contribution in [3.05, 3.63) is 101 Å². The molecule has 0 aliphatic heterocycles. The van der Waals surface area contributed by atoms with E-state index in [1.165, 1.54) is 24.8 Å². The number of sulfonamides is 1. The maximum atomic E-state index is 13.9. The first kappa shape index (κ1) is 32.1. The zero-order valence-electron chi connectivity index (χ0n) is 23.4. The Kier molecular flexibility index (Phi) is 11.8. The molecule has 222 valence electrons. The summed E-state index contributed by atoms with van der Waals surface area (Å²) in [5.74, 6) is -2.11. The Morgan fingerprint density at radius 2 is 1.68 bits per heavy atom. The fourth-order valence-electron chi connectivity index (χ4n) is 4.45. The number of ether oxygens (including phenoxy) is 1. The topological polar surface area (TPSA) is 108 Å². The molecule has 3 aromatic rings. The minimum absolute atomic E-state index is 0.0441. The van der Waals surface area contributed by atoms with Crippen LogP contribution in [0.1, 0.15) is 34.0 Å². The fraction of sp³-hybridized carbons (Fsp3) is 0.367. The molecule has 0 spiro atoms. The van der Waals surface area contributed by atoms with E-state index in [0.717, 1.165) is 40.7 Å². The zero-order valence-corrected chi connectivity index (χ0v) is 24.3. The predicted molar refractivity (Wildman–Crippen MR) is 155 cm³/mol. The summed E-state index contributed by atoms with van der Waals surface area (Å²) < 4.78 is 58.7. The number of nitrogens with zero attached hydrogens (tertiary/aromatic N) is 1. The van der Waals surface area contributed by atoms with Crippen LogP contribution in [0.5, 0.6) is 0 Å². The van der Waals surface area contributed by atoms with Crippen LogP contribution in [0.25, 0.3) is 0 Å². The molecule has 0 fully saturated rings. The lowest BCUT2D eigenvalue weighted by atomic mass is 10.00. The molecule has 41 heavy (non-hydrogen) atoms. The highest BCUT2D eigenvalue weighted by Crippen LogP contribution is 2.20. The van der Waals surface area contributed by atoms with Crippen molar-refractivity contribution >= 4 is 21.6 Å². The number of nitrogens with one attached hydrogen (secondary N) is 2. The number of rotatable bonds is 15. The lowest BCUT2D eigenvalue weighted by Gasteiger charge is -2.26. The van der Waals surface area contributed by atoms with Gasteiger partial charge >= 0.3 is 0 Å². The number of methoxy groups -OCH3 is 1. The van der Waals surface area contributed by atoms with Gasteiger partial charge in [0.1, 0.15) is 11.6 Å². The minimum atomic E-state index is -3.65. The van der Waals surface area contributed by atoms with E-state index < -0.39 is 39.7 Å². The number of aliphatic hydroxyl groups excluding tert-OH is 1. The van der Waals surface area contributed by atoms with Crippen molar-refractivity contribution in [1.82, 2.24) is 10.6 Å². The molecule has 3 aromatic carbocycles. The van der Waals surface area contributed by atoms with E-state index in [1.807, 2.05) is 18.2 Å². The molecule has 1 amide bonds. The molecule has 0 saturated heterocycles. The summed E-state index contributed by atoms with van der Waals surface area (Å²) in [6, 6.07) is 16.2. The molecule has 3 rings (SSSR count). The molecule has 0 aliphatic rings. The summed E-state index contributed by atoms with van der Waals surface area (Å²) in [4.78, 5) is 13.3. The smallest absolute Gasteiger partial charge is 0.251 e. The van der Waals surface area contributed by atoms with Gasteiger partial charge in [0.05, 0.1) is 37.2 Å². The maximum absolute atomic E-state index is 13.9. The Bertz CT molecular complexity index is 1400. The Morgan fingerprint density at radius 3 is 2.34 bits per heavy atom. The lowest BCUT2D eigenvalue weighted by molar-refractivity contribution is 0.0830. The highest BCUT2D eigenvalue weighted by atomic mass is 32.2. The van der Waals surface area contributed by atoms with Gasteiger partial charge in [-0.1, -0.05) is 37.3 Å². The quantitative estimate of drug-likeness (QED) is 0.251. The van der Waals surface area contributed by atoms with Gasteiger partial charge in [0.15, 0.2) is 0 Å². The molecule has 2 atom stereocenters. The van der Waals surface area contributed by atoms with Crippen LogP contribution in [0, 0.1) is 11.6 Å². The van der Waals surface area contributed by atoms with Crippen molar-refractivity contribution in [3.8, 4) is 0 Å². The molecule has 8 nitrogen and oxygen atoms in total. The van der Waals surface area contributed by atoms with Gasteiger partial charge in [0, 0.05) is 31.8 Å². The number of halogens is 2. The SMILES string of the molecule is CCc1cccc(CNC[C@@H](O)[C@H](Cc2cc(F)cc(F)c2)NC(=O)c2cccc(N(CCOC)S(C)(=O)=O)c2)c1. The van der Waals surface area contributed by atoms with E-state index >= 15 is 0 Å². The molecule has 0 bridgehead atoms. The third-order valence-electron chi connectivity index (χ3n) is 6.54. The van der Waals surface area contributed by atoms with Crippen LogP contribution in [0.2, 0.25) is 0 Å². The first-order valence-corrected chi connectivity index (χ1v) is 15.1. The summed E-state index contributed by atoms with van der Waals surface area (Å²) >= 11 is 0. The molecular formula is C30H37F2N3O5S. The number of aryl methyl sites for hydroxylation is 1. The van der Waals surface area contributed by atoms with Crippen LogP contribution in [0.4, 0.5) is 14.5 Å². The summed E-state index contributed by atoms with van der Waals surface area (Å²) in [6.45, 7) is 2.84. The predicted octanol–water partition coefficient (Wildman–Crippen LogP) is 3.43. The van der Waals surface area contributed by atoms with E-state index in [4.69, 9.17) is 4.74 Å². The highest BCUT2D eigenvalue weighted by molar-refractivity contribution is 7.92. The van der Waals surface area contributed by atoms with Gasteiger partial charge in [-0.2, -0.15) is 0 Å². The van der Waals surface area contributed by atoms with Crippen LogP contribution in [0.3, 0.4) is 0 Å².